The van der Waals surface area contributed by atoms with Gasteiger partial charge in [0.05, 0.1) is 5.52 Å². The van der Waals surface area contributed by atoms with Gasteiger partial charge in [-0.15, -0.1) is 12.4 Å². The summed E-state index contributed by atoms with van der Waals surface area (Å²) in [5, 5.41) is 4.81. The van der Waals surface area contributed by atoms with Gasteiger partial charge in [-0.1, -0.05) is 24.3 Å². The number of halogens is 1. The number of rotatable bonds is 1. The maximum atomic E-state index is 4.52. The van der Waals surface area contributed by atoms with Gasteiger partial charge in [0.15, 0.2) is 0 Å². The predicted octanol–water partition coefficient (Wildman–Crippen LogP) is 3.09. The third-order valence-electron chi connectivity index (χ3n) is 3.81. The highest BCUT2D eigenvalue weighted by atomic mass is 35.5. The topological polar surface area (TPSA) is 29.9 Å². The van der Waals surface area contributed by atoms with E-state index in [9.17, 15) is 0 Å². The van der Waals surface area contributed by atoms with Crippen molar-refractivity contribution in [2.24, 2.45) is 0 Å². The van der Waals surface area contributed by atoms with Gasteiger partial charge >= 0.3 is 0 Å². The Kier molecular flexibility index (Phi) is 3.47. The summed E-state index contributed by atoms with van der Waals surface area (Å²) in [7, 11) is 0. The molecule has 0 spiro atoms. The fourth-order valence-electron chi connectivity index (χ4n) is 2.99. The van der Waals surface area contributed by atoms with Crippen LogP contribution >= 0.6 is 12.4 Å². The van der Waals surface area contributed by atoms with Gasteiger partial charge in [-0.3, -0.25) is 4.57 Å². The van der Waals surface area contributed by atoms with Crippen molar-refractivity contribution in [3.63, 3.8) is 0 Å². The molecule has 1 N–H and O–H groups in total. The van der Waals surface area contributed by atoms with Crippen LogP contribution in [0.3, 0.4) is 0 Å². The van der Waals surface area contributed by atoms with E-state index in [1.807, 2.05) is 18.3 Å². The lowest BCUT2D eigenvalue weighted by Crippen LogP contribution is -2.24. The zero-order valence-electron chi connectivity index (χ0n) is 11.0. The first-order chi connectivity index (χ1) is 9.45. The van der Waals surface area contributed by atoms with Crippen LogP contribution in [0.15, 0.2) is 48.7 Å². The van der Waals surface area contributed by atoms with Gasteiger partial charge in [0.1, 0.15) is 5.82 Å². The third-order valence-corrected chi connectivity index (χ3v) is 3.81. The first-order valence-corrected chi connectivity index (χ1v) is 6.68. The summed E-state index contributed by atoms with van der Waals surface area (Å²) >= 11 is 0. The Morgan fingerprint density at radius 1 is 1.05 bits per heavy atom. The number of aromatic nitrogens is 2. The minimum absolute atomic E-state index is 0. The van der Waals surface area contributed by atoms with E-state index in [0.717, 1.165) is 25.3 Å². The molecule has 0 bridgehead atoms. The Morgan fingerprint density at radius 3 is 2.75 bits per heavy atom. The van der Waals surface area contributed by atoms with E-state index in [4.69, 9.17) is 0 Å². The molecule has 3 nitrogen and oxygen atoms in total. The second-order valence-corrected chi connectivity index (χ2v) is 4.89. The van der Waals surface area contributed by atoms with Crippen LogP contribution < -0.4 is 5.32 Å². The van der Waals surface area contributed by atoms with Crippen LogP contribution in [-0.2, 0) is 13.0 Å². The smallest absolute Gasteiger partial charge is 0.137 e. The quantitative estimate of drug-likeness (QED) is 0.745. The second-order valence-electron chi connectivity index (χ2n) is 4.89. The normalized spacial score (nSPS) is 13.8. The molecule has 0 fully saturated rings. The summed E-state index contributed by atoms with van der Waals surface area (Å²) in [6.45, 7) is 1.99. The molecule has 1 aliphatic heterocycles. The minimum atomic E-state index is 0. The van der Waals surface area contributed by atoms with Crippen molar-refractivity contribution in [3.05, 3.63) is 59.9 Å². The summed E-state index contributed by atoms with van der Waals surface area (Å²) in [6.07, 6.45) is 2.91. The Labute approximate surface area is 124 Å². The fourth-order valence-corrected chi connectivity index (χ4v) is 2.99. The molecule has 2 aromatic heterocycles. The molecular weight excluding hydrogens is 270 g/mol. The number of pyridine rings is 1. The van der Waals surface area contributed by atoms with Crippen molar-refractivity contribution < 1.29 is 0 Å². The van der Waals surface area contributed by atoms with E-state index < -0.39 is 0 Å². The molecule has 3 heterocycles. The Bertz CT molecular complexity index is 734. The monoisotopic (exact) mass is 285 g/mol. The lowest BCUT2D eigenvalue weighted by molar-refractivity contribution is 0.630. The molecule has 0 aliphatic carbocycles. The van der Waals surface area contributed by atoms with Crippen LogP contribution in [0.25, 0.3) is 16.7 Å². The van der Waals surface area contributed by atoms with Crippen molar-refractivity contribution in [3.8, 4) is 5.82 Å². The van der Waals surface area contributed by atoms with E-state index in [2.05, 4.69) is 45.2 Å². The zero-order valence-corrected chi connectivity index (χ0v) is 11.9. The Morgan fingerprint density at radius 2 is 1.90 bits per heavy atom. The molecular formula is C16H16ClN3. The van der Waals surface area contributed by atoms with E-state index >= 15 is 0 Å². The first-order valence-electron chi connectivity index (χ1n) is 6.68. The zero-order chi connectivity index (χ0) is 12.7. The molecule has 1 aromatic carbocycles. The molecule has 3 aromatic rings. The second kappa shape index (κ2) is 5.27. The van der Waals surface area contributed by atoms with Crippen LogP contribution in [0.5, 0.6) is 0 Å². The number of hydrogen-bond acceptors (Lipinski definition) is 2. The standard InChI is InChI=1S/C16H15N3.ClH/c1-2-6-14-12(5-1)13-11-17-10-8-15(13)19(14)16-7-3-4-9-18-16;/h1-7,9,17H,8,10-11H2;1H. The van der Waals surface area contributed by atoms with Crippen LogP contribution in [0.2, 0.25) is 0 Å². The third kappa shape index (κ3) is 1.90. The molecule has 0 saturated heterocycles. The fraction of sp³-hybridized carbons (Fsp3) is 0.188. The van der Waals surface area contributed by atoms with Crippen molar-refractivity contribution in [2.75, 3.05) is 6.54 Å². The van der Waals surface area contributed by atoms with Crippen LogP contribution in [0, 0.1) is 0 Å². The summed E-state index contributed by atoms with van der Waals surface area (Å²) < 4.78 is 2.31. The molecule has 1 aliphatic rings. The first kappa shape index (κ1) is 13.2. The summed E-state index contributed by atoms with van der Waals surface area (Å²) in [4.78, 5) is 4.52. The minimum Gasteiger partial charge on any atom is -0.312 e. The molecule has 102 valence electrons. The average molecular weight is 286 g/mol. The highest BCUT2D eigenvalue weighted by Crippen LogP contribution is 2.30. The van der Waals surface area contributed by atoms with Gasteiger partial charge < -0.3 is 5.32 Å². The molecule has 4 rings (SSSR count). The van der Waals surface area contributed by atoms with Crippen molar-refractivity contribution >= 4 is 23.3 Å². The lowest BCUT2D eigenvalue weighted by Gasteiger charge is -2.16. The van der Waals surface area contributed by atoms with Gasteiger partial charge in [-0.25, -0.2) is 4.98 Å². The number of fused-ring (bicyclic) bond motifs is 3. The van der Waals surface area contributed by atoms with Gasteiger partial charge in [0.2, 0.25) is 0 Å². The van der Waals surface area contributed by atoms with Crippen LogP contribution in [-0.4, -0.2) is 16.1 Å². The number of benzene rings is 1. The van der Waals surface area contributed by atoms with Crippen LogP contribution in [0.4, 0.5) is 0 Å². The van der Waals surface area contributed by atoms with Gasteiger partial charge in [0, 0.05) is 36.8 Å². The maximum absolute atomic E-state index is 4.52. The van der Waals surface area contributed by atoms with Gasteiger partial charge in [-0.05, 0) is 23.8 Å². The number of hydrogen-bond donors (Lipinski definition) is 1. The SMILES string of the molecule is Cl.c1ccc(-n2c3c(c4ccccc42)CNCC3)nc1. The van der Waals surface area contributed by atoms with E-state index in [-0.39, 0.29) is 12.4 Å². The highest BCUT2D eigenvalue weighted by Gasteiger charge is 2.20. The van der Waals surface area contributed by atoms with Gasteiger partial charge in [0.25, 0.3) is 0 Å². The van der Waals surface area contributed by atoms with Crippen molar-refractivity contribution in [2.45, 2.75) is 13.0 Å². The van der Waals surface area contributed by atoms with Crippen LogP contribution in [0.1, 0.15) is 11.3 Å². The van der Waals surface area contributed by atoms with Crippen molar-refractivity contribution in [1.29, 1.82) is 0 Å². The maximum Gasteiger partial charge on any atom is 0.137 e. The molecule has 20 heavy (non-hydrogen) atoms. The molecule has 0 radical (unpaired) electrons. The molecule has 4 heteroatoms. The molecule has 0 unspecified atom stereocenters. The number of para-hydroxylation sites is 1. The summed E-state index contributed by atoms with van der Waals surface area (Å²) in [5.41, 5.74) is 4.08. The highest BCUT2D eigenvalue weighted by molar-refractivity contribution is 5.87. The molecule has 0 saturated carbocycles. The lowest BCUT2D eigenvalue weighted by atomic mass is 10.1. The number of nitrogens with zero attached hydrogens (tertiary/aromatic N) is 2. The predicted molar refractivity (Wildman–Crippen MR) is 83.7 cm³/mol. The summed E-state index contributed by atoms with van der Waals surface area (Å²) in [5.74, 6) is 1.02. The van der Waals surface area contributed by atoms with Crippen molar-refractivity contribution in [1.82, 2.24) is 14.9 Å². The summed E-state index contributed by atoms with van der Waals surface area (Å²) in [6, 6.07) is 14.7. The van der Waals surface area contributed by atoms with E-state index in [1.54, 1.807) is 0 Å². The average Bonchev–Trinajstić information content (AvgIpc) is 2.83. The Hall–Kier alpha value is -1.84. The largest absolute Gasteiger partial charge is 0.312 e. The number of nitrogens with one attached hydrogen (secondary N) is 1. The molecule has 0 amide bonds. The molecule has 0 atom stereocenters. The van der Waals surface area contributed by atoms with E-state index in [1.165, 1.54) is 22.2 Å². The van der Waals surface area contributed by atoms with Gasteiger partial charge in [-0.2, -0.15) is 0 Å². The Balaban J connectivity index is 0.00000121. The van der Waals surface area contributed by atoms with E-state index in [0.29, 0.717) is 0 Å².